The molecule has 1 fully saturated rings. The van der Waals surface area contributed by atoms with Gasteiger partial charge in [0.2, 0.25) is 0 Å². The van der Waals surface area contributed by atoms with E-state index in [2.05, 4.69) is 0 Å². The molecule has 14 heavy (non-hydrogen) atoms. The molecule has 0 amide bonds. The highest BCUT2D eigenvalue weighted by Gasteiger charge is 2.24. The highest BCUT2D eigenvalue weighted by molar-refractivity contribution is 4.76. The molecule has 3 nitrogen and oxygen atoms in total. The second-order valence-electron chi connectivity index (χ2n) is 4.01. The van der Waals surface area contributed by atoms with Crippen LogP contribution in [-0.4, -0.2) is 38.1 Å². The number of ether oxygens (including phenoxy) is 2. The fraction of sp³-hybridized carbons (Fsp3) is 1.00. The van der Waals surface area contributed by atoms with Gasteiger partial charge in [0.15, 0.2) is 0 Å². The van der Waals surface area contributed by atoms with E-state index in [0.29, 0.717) is 5.92 Å². The summed E-state index contributed by atoms with van der Waals surface area (Å²) in [4.78, 5) is 0. The van der Waals surface area contributed by atoms with Gasteiger partial charge in [-0.3, -0.25) is 0 Å². The van der Waals surface area contributed by atoms with Crippen LogP contribution in [0.15, 0.2) is 0 Å². The van der Waals surface area contributed by atoms with Crippen LogP contribution in [0.3, 0.4) is 0 Å². The van der Waals surface area contributed by atoms with Crippen LogP contribution >= 0.6 is 0 Å². The van der Waals surface area contributed by atoms with E-state index in [9.17, 15) is 5.11 Å². The summed E-state index contributed by atoms with van der Waals surface area (Å²) >= 11 is 0. The van der Waals surface area contributed by atoms with Gasteiger partial charge < -0.3 is 14.6 Å². The van der Waals surface area contributed by atoms with Crippen molar-refractivity contribution in [1.82, 2.24) is 0 Å². The van der Waals surface area contributed by atoms with Gasteiger partial charge >= 0.3 is 0 Å². The average molecular weight is 202 g/mol. The van der Waals surface area contributed by atoms with Crippen molar-refractivity contribution in [3.63, 3.8) is 0 Å². The Morgan fingerprint density at radius 3 is 2.71 bits per heavy atom. The van der Waals surface area contributed by atoms with Crippen LogP contribution in [0.25, 0.3) is 0 Å². The molecule has 0 aromatic heterocycles. The molecule has 3 heteroatoms. The Morgan fingerprint density at radius 1 is 1.21 bits per heavy atom. The molecule has 0 radical (unpaired) electrons. The maximum absolute atomic E-state index is 9.55. The molecule has 1 saturated carbocycles. The Kier molecular flexibility index (Phi) is 6.15. The first-order chi connectivity index (χ1) is 6.84. The molecule has 0 aromatic carbocycles. The summed E-state index contributed by atoms with van der Waals surface area (Å²) in [5.74, 6) is 0.484. The SMILES string of the molecule is COCCCOCCC1CCCC1O. The zero-order chi connectivity index (χ0) is 10.2. The quantitative estimate of drug-likeness (QED) is 0.637. The lowest BCUT2D eigenvalue weighted by atomic mass is 10.0. The van der Waals surface area contributed by atoms with Crippen LogP contribution in [0.2, 0.25) is 0 Å². The highest BCUT2D eigenvalue weighted by Crippen LogP contribution is 2.27. The maximum Gasteiger partial charge on any atom is 0.0569 e. The highest BCUT2D eigenvalue weighted by atomic mass is 16.5. The van der Waals surface area contributed by atoms with Crippen molar-refractivity contribution < 1.29 is 14.6 Å². The van der Waals surface area contributed by atoms with Gasteiger partial charge in [0, 0.05) is 26.9 Å². The van der Waals surface area contributed by atoms with Gasteiger partial charge in [-0.1, -0.05) is 6.42 Å². The van der Waals surface area contributed by atoms with Crippen LogP contribution in [-0.2, 0) is 9.47 Å². The Morgan fingerprint density at radius 2 is 2.07 bits per heavy atom. The topological polar surface area (TPSA) is 38.7 Å². The van der Waals surface area contributed by atoms with Crippen molar-refractivity contribution in [2.75, 3.05) is 26.9 Å². The van der Waals surface area contributed by atoms with Crippen molar-refractivity contribution in [2.24, 2.45) is 5.92 Å². The molecule has 2 unspecified atom stereocenters. The predicted molar refractivity (Wildman–Crippen MR) is 55.3 cm³/mol. The molecular formula is C11H22O3. The lowest BCUT2D eigenvalue weighted by Gasteiger charge is -2.13. The van der Waals surface area contributed by atoms with E-state index < -0.39 is 0 Å². The van der Waals surface area contributed by atoms with Crippen LogP contribution < -0.4 is 0 Å². The first kappa shape index (κ1) is 12.0. The van der Waals surface area contributed by atoms with E-state index >= 15 is 0 Å². The monoisotopic (exact) mass is 202 g/mol. The normalized spacial score (nSPS) is 27.0. The van der Waals surface area contributed by atoms with Gasteiger partial charge in [0.1, 0.15) is 0 Å². The van der Waals surface area contributed by atoms with Crippen molar-refractivity contribution >= 4 is 0 Å². The molecule has 0 saturated heterocycles. The predicted octanol–water partition coefficient (Wildman–Crippen LogP) is 1.59. The molecule has 2 atom stereocenters. The lowest BCUT2D eigenvalue weighted by molar-refractivity contribution is 0.0701. The molecule has 0 heterocycles. The maximum atomic E-state index is 9.55. The number of hydrogen-bond acceptors (Lipinski definition) is 3. The summed E-state index contributed by atoms with van der Waals surface area (Å²) in [6, 6.07) is 0. The summed E-state index contributed by atoms with van der Waals surface area (Å²) in [5, 5.41) is 9.55. The van der Waals surface area contributed by atoms with Gasteiger partial charge in [-0.25, -0.2) is 0 Å². The number of aliphatic hydroxyl groups is 1. The van der Waals surface area contributed by atoms with E-state index in [-0.39, 0.29) is 6.10 Å². The number of aliphatic hydroxyl groups excluding tert-OH is 1. The second kappa shape index (κ2) is 7.21. The molecule has 0 aromatic rings. The Bertz CT molecular complexity index is 138. The third kappa shape index (κ3) is 4.40. The summed E-state index contributed by atoms with van der Waals surface area (Å²) < 4.78 is 10.4. The Labute approximate surface area is 86.4 Å². The van der Waals surface area contributed by atoms with Gasteiger partial charge in [0.25, 0.3) is 0 Å². The fourth-order valence-electron chi connectivity index (χ4n) is 2.00. The Balaban J connectivity index is 1.88. The largest absolute Gasteiger partial charge is 0.393 e. The van der Waals surface area contributed by atoms with Crippen molar-refractivity contribution in [3.05, 3.63) is 0 Å². The van der Waals surface area contributed by atoms with Gasteiger partial charge in [-0.2, -0.15) is 0 Å². The zero-order valence-corrected chi connectivity index (χ0v) is 9.08. The molecular weight excluding hydrogens is 180 g/mol. The molecule has 1 N–H and O–H groups in total. The van der Waals surface area contributed by atoms with E-state index in [1.54, 1.807) is 7.11 Å². The minimum atomic E-state index is -0.0717. The number of rotatable bonds is 7. The van der Waals surface area contributed by atoms with Crippen LogP contribution in [0.4, 0.5) is 0 Å². The number of methoxy groups -OCH3 is 1. The summed E-state index contributed by atoms with van der Waals surface area (Å²) in [6.07, 6.45) is 5.22. The van der Waals surface area contributed by atoms with Crippen LogP contribution in [0.1, 0.15) is 32.1 Å². The van der Waals surface area contributed by atoms with Gasteiger partial charge in [0.05, 0.1) is 6.10 Å². The second-order valence-corrected chi connectivity index (χ2v) is 4.01. The first-order valence-corrected chi connectivity index (χ1v) is 5.59. The molecule has 0 bridgehead atoms. The molecule has 0 aliphatic heterocycles. The molecule has 84 valence electrons. The zero-order valence-electron chi connectivity index (χ0n) is 9.08. The third-order valence-corrected chi connectivity index (χ3v) is 2.89. The van der Waals surface area contributed by atoms with Crippen molar-refractivity contribution in [1.29, 1.82) is 0 Å². The van der Waals surface area contributed by atoms with Gasteiger partial charge in [-0.15, -0.1) is 0 Å². The molecule has 1 rings (SSSR count). The average Bonchev–Trinajstić information content (AvgIpc) is 2.58. The van der Waals surface area contributed by atoms with Crippen LogP contribution in [0.5, 0.6) is 0 Å². The van der Waals surface area contributed by atoms with Gasteiger partial charge in [-0.05, 0) is 31.6 Å². The van der Waals surface area contributed by atoms with E-state index in [1.165, 1.54) is 12.8 Å². The lowest BCUT2D eigenvalue weighted by Crippen LogP contribution is -2.15. The smallest absolute Gasteiger partial charge is 0.0569 e. The van der Waals surface area contributed by atoms with Crippen molar-refractivity contribution in [3.8, 4) is 0 Å². The minimum Gasteiger partial charge on any atom is -0.393 e. The van der Waals surface area contributed by atoms with Crippen LogP contribution in [0, 0.1) is 5.92 Å². The summed E-state index contributed by atoms with van der Waals surface area (Å²) in [6.45, 7) is 2.33. The summed E-state index contributed by atoms with van der Waals surface area (Å²) in [5.41, 5.74) is 0. The van der Waals surface area contributed by atoms with Crippen molar-refractivity contribution in [2.45, 2.75) is 38.2 Å². The molecule has 1 aliphatic carbocycles. The molecule has 1 aliphatic rings. The minimum absolute atomic E-state index is 0.0717. The van der Waals surface area contributed by atoms with E-state index in [1.807, 2.05) is 0 Å². The standard InChI is InChI=1S/C11H22O3/c1-13-7-3-8-14-9-6-10-4-2-5-11(10)12/h10-12H,2-9H2,1H3. The molecule has 0 spiro atoms. The van der Waals surface area contributed by atoms with E-state index in [4.69, 9.17) is 9.47 Å². The summed E-state index contributed by atoms with van der Waals surface area (Å²) in [7, 11) is 1.70. The first-order valence-electron chi connectivity index (χ1n) is 5.59. The van der Waals surface area contributed by atoms with E-state index in [0.717, 1.165) is 39.1 Å². The fourth-order valence-corrected chi connectivity index (χ4v) is 2.00. The number of hydrogen-bond donors (Lipinski definition) is 1. The third-order valence-electron chi connectivity index (χ3n) is 2.89. The Hall–Kier alpha value is -0.120.